The lowest BCUT2D eigenvalue weighted by Gasteiger charge is -1.91. The van der Waals surface area contributed by atoms with Crippen molar-refractivity contribution in [3.05, 3.63) is 29.8 Å². The monoisotopic (exact) mass is 186 g/mol. The molecular weight excluding hydrogens is 176 g/mol. The summed E-state index contributed by atoms with van der Waals surface area (Å²) in [5.74, 6) is 0.127. The zero-order valence-corrected chi connectivity index (χ0v) is 7.80. The number of phenolic OH excluding ortho intramolecular Hbond substituents is 1. The Morgan fingerprint density at radius 2 is 1.67 bits per heavy atom. The standard InChI is InChI=1S/C7H5ClO2.C2H6/c8-7(10)5-1-3-6(9)4-2-5;1-2/h1-4,9H;1-2H3. The van der Waals surface area contributed by atoms with Crippen LogP contribution in [0.25, 0.3) is 0 Å². The van der Waals surface area contributed by atoms with Gasteiger partial charge in [-0.25, -0.2) is 0 Å². The van der Waals surface area contributed by atoms with Crippen molar-refractivity contribution in [3.63, 3.8) is 0 Å². The van der Waals surface area contributed by atoms with Crippen molar-refractivity contribution >= 4 is 16.8 Å². The van der Waals surface area contributed by atoms with Crippen LogP contribution >= 0.6 is 11.6 Å². The summed E-state index contributed by atoms with van der Waals surface area (Å²) in [6.07, 6.45) is 0. The highest BCUT2D eigenvalue weighted by molar-refractivity contribution is 6.67. The van der Waals surface area contributed by atoms with Gasteiger partial charge in [-0.2, -0.15) is 0 Å². The third kappa shape index (κ3) is 3.39. The first-order valence-corrected chi connectivity index (χ1v) is 4.07. The normalized spacial score (nSPS) is 8.25. The maximum atomic E-state index is 10.4. The van der Waals surface area contributed by atoms with E-state index in [1.165, 1.54) is 24.3 Å². The summed E-state index contributed by atoms with van der Waals surface area (Å²) < 4.78 is 0. The Labute approximate surface area is 76.8 Å². The van der Waals surface area contributed by atoms with Crippen LogP contribution in [-0.2, 0) is 0 Å². The first-order valence-electron chi connectivity index (χ1n) is 3.69. The molecule has 0 heterocycles. The molecule has 2 nitrogen and oxygen atoms in total. The van der Waals surface area contributed by atoms with Gasteiger partial charge in [0.25, 0.3) is 5.24 Å². The highest BCUT2D eigenvalue weighted by Gasteiger charge is 1.98. The van der Waals surface area contributed by atoms with Crippen LogP contribution in [0.4, 0.5) is 0 Å². The summed E-state index contributed by atoms with van der Waals surface area (Å²) in [7, 11) is 0. The van der Waals surface area contributed by atoms with E-state index in [1.54, 1.807) is 0 Å². The predicted octanol–water partition coefficient (Wildman–Crippen LogP) is 2.80. The zero-order chi connectivity index (χ0) is 9.56. The molecule has 1 N–H and O–H groups in total. The molecule has 0 unspecified atom stereocenters. The molecule has 1 rings (SSSR count). The van der Waals surface area contributed by atoms with E-state index >= 15 is 0 Å². The van der Waals surface area contributed by atoms with E-state index in [2.05, 4.69) is 0 Å². The molecule has 0 saturated heterocycles. The van der Waals surface area contributed by atoms with E-state index in [0.29, 0.717) is 5.56 Å². The Hall–Kier alpha value is -1.02. The van der Waals surface area contributed by atoms with Crippen LogP contribution in [0.2, 0.25) is 0 Å². The van der Waals surface area contributed by atoms with Crippen LogP contribution in [-0.4, -0.2) is 10.3 Å². The second kappa shape index (κ2) is 5.61. The molecule has 0 aliphatic heterocycles. The fraction of sp³-hybridized carbons (Fsp3) is 0.222. The fourth-order valence-electron chi connectivity index (χ4n) is 0.592. The van der Waals surface area contributed by atoms with E-state index in [1.807, 2.05) is 13.8 Å². The number of halogens is 1. The second-order valence-electron chi connectivity index (χ2n) is 1.82. The number of rotatable bonds is 1. The van der Waals surface area contributed by atoms with Gasteiger partial charge in [-0.1, -0.05) is 13.8 Å². The van der Waals surface area contributed by atoms with Crippen LogP contribution < -0.4 is 0 Å². The third-order valence-electron chi connectivity index (χ3n) is 1.09. The number of phenols is 1. The maximum absolute atomic E-state index is 10.4. The van der Waals surface area contributed by atoms with Gasteiger partial charge in [-0.3, -0.25) is 4.79 Å². The zero-order valence-electron chi connectivity index (χ0n) is 7.04. The van der Waals surface area contributed by atoms with Gasteiger partial charge in [0, 0.05) is 5.56 Å². The van der Waals surface area contributed by atoms with Crippen LogP contribution in [0.5, 0.6) is 5.75 Å². The number of hydrogen-bond donors (Lipinski definition) is 1. The highest BCUT2D eigenvalue weighted by atomic mass is 35.5. The van der Waals surface area contributed by atoms with Crippen LogP contribution in [0.15, 0.2) is 24.3 Å². The number of carbonyl (C=O) groups excluding carboxylic acids is 1. The Morgan fingerprint density at radius 3 is 2.00 bits per heavy atom. The Kier molecular flexibility index (Phi) is 5.13. The summed E-state index contributed by atoms with van der Waals surface area (Å²) in [5.41, 5.74) is 0.388. The van der Waals surface area contributed by atoms with Crippen molar-refractivity contribution in [2.45, 2.75) is 13.8 Å². The molecule has 66 valence electrons. The summed E-state index contributed by atoms with van der Waals surface area (Å²) >= 11 is 5.13. The molecular formula is C9H11ClO2. The van der Waals surface area contributed by atoms with Crippen LogP contribution in [0, 0.1) is 0 Å². The van der Waals surface area contributed by atoms with Gasteiger partial charge >= 0.3 is 0 Å². The van der Waals surface area contributed by atoms with Crippen molar-refractivity contribution in [2.24, 2.45) is 0 Å². The lowest BCUT2D eigenvalue weighted by Crippen LogP contribution is -1.85. The molecule has 0 fully saturated rings. The van der Waals surface area contributed by atoms with Gasteiger partial charge in [0.15, 0.2) is 0 Å². The van der Waals surface area contributed by atoms with E-state index in [0.717, 1.165) is 0 Å². The average Bonchev–Trinajstić information content (AvgIpc) is 2.09. The smallest absolute Gasteiger partial charge is 0.252 e. The lowest BCUT2D eigenvalue weighted by molar-refractivity contribution is 0.108. The Bertz CT molecular complexity index is 241. The van der Waals surface area contributed by atoms with E-state index in [9.17, 15) is 4.79 Å². The molecule has 0 radical (unpaired) electrons. The van der Waals surface area contributed by atoms with Gasteiger partial charge in [0.2, 0.25) is 0 Å². The first-order chi connectivity index (χ1) is 5.70. The van der Waals surface area contributed by atoms with Gasteiger partial charge in [-0.15, -0.1) is 0 Å². The molecule has 0 spiro atoms. The number of benzene rings is 1. The molecule has 0 bridgehead atoms. The molecule has 1 aromatic rings. The maximum Gasteiger partial charge on any atom is 0.252 e. The first kappa shape index (κ1) is 11.0. The molecule has 0 amide bonds. The summed E-state index contributed by atoms with van der Waals surface area (Å²) in [5, 5.41) is 8.27. The van der Waals surface area contributed by atoms with Crippen molar-refractivity contribution in [3.8, 4) is 5.75 Å². The molecule has 3 heteroatoms. The summed E-state index contributed by atoms with van der Waals surface area (Å²) in [6, 6.07) is 5.75. The van der Waals surface area contributed by atoms with Crippen LogP contribution in [0.1, 0.15) is 24.2 Å². The molecule has 0 aliphatic carbocycles. The van der Waals surface area contributed by atoms with E-state index < -0.39 is 5.24 Å². The molecule has 0 aliphatic rings. The minimum atomic E-state index is -0.514. The molecule has 1 aromatic carbocycles. The van der Waals surface area contributed by atoms with E-state index in [4.69, 9.17) is 16.7 Å². The second-order valence-corrected chi connectivity index (χ2v) is 2.16. The van der Waals surface area contributed by atoms with Gasteiger partial charge in [0.1, 0.15) is 5.75 Å². The summed E-state index contributed by atoms with van der Waals surface area (Å²) in [4.78, 5) is 10.4. The van der Waals surface area contributed by atoms with Crippen molar-refractivity contribution < 1.29 is 9.90 Å². The van der Waals surface area contributed by atoms with Crippen molar-refractivity contribution in [1.82, 2.24) is 0 Å². The SMILES string of the molecule is CC.O=C(Cl)c1ccc(O)cc1. The molecule has 0 saturated carbocycles. The Balaban J connectivity index is 0.000000561. The van der Waals surface area contributed by atoms with Gasteiger partial charge < -0.3 is 5.11 Å². The number of hydrogen-bond acceptors (Lipinski definition) is 2. The fourth-order valence-corrected chi connectivity index (χ4v) is 0.718. The van der Waals surface area contributed by atoms with Gasteiger partial charge in [0.05, 0.1) is 0 Å². The minimum absolute atomic E-state index is 0.127. The Morgan fingerprint density at radius 1 is 1.25 bits per heavy atom. The largest absolute Gasteiger partial charge is 0.508 e. The molecule has 0 aromatic heterocycles. The minimum Gasteiger partial charge on any atom is -0.508 e. The molecule has 12 heavy (non-hydrogen) atoms. The summed E-state index contributed by atoms with van der Waals surface area (Å²) in [6.45, 7) is 4.00. The quantitative estimate of drug-likeness (QED) is 0.685. The van der Waals surface area contributed by atoms with Gasteiger partial charge in [-0.05, 0) is 35.9 Å². The predicted molar refractivity (Wildman–Crippen MR) is 49.6 cm³/mol. The average molecular weight is 187 g/mol. The van der Waals surface area contributed by atoms with Crippen LogP contribution in [0.3, 0.4) is 0 Å². The highest BCUT2D eigenvalue weighted by Crippen LogP contribution is 2.10. The number of aromatic hydroxyl groups is 1. The molecule has 0 atom stereocenters. The van der Waals surface area contributed by atoms with Crippen molar-refractivity contribution in [2.75, 3.05) is 0 Å². The topological polar surface area (TPSA) is 37.3 Å². The third-order valence-corrected chi connectivity index (χ3v) is 1.31. The van der Waals surface area contributed by atoms with Crippen molar-refractivity contribution in [1.29, 1.82) is 0 Å². The van der Waals surface area contributed by atoms with E-state index in [-0.39, 0.29) is 5.75 Å². The lowest BCUT2D eigenvalue weighted by atomic mass is 10.2. The number of carbonyl (C=O) groups is 1.